The minimum absolute atomic E-state index is 0.00729. The number of nitrogens with zero attached hydrogens (tertiary/aromatic N) is 1. The summed E-state index contributed by atoms with van der Waals surface area (Å²) < 4.78 is 19.6. The lowest BCUT2D eigenvalue weighted by Crippen LogP contribution is -2.34. The van der Waals surface area contributed by atoms with Gasteiger partial charge in [-0.25, -0.2) is 9.18 Å². The van der Waals surface area contributed by atoms with Gasteiger partial charge in [0, 0.05) is 11.8 Å². The number of carbonyl (C=O) groups is 1. The SMILES string of the molecule is O=C(O)c1cc(C2=CCOC2)c(=O)n(C2(CF)CC2)c1. The van der Waals surface area contributed by atoms with Crippen molar-refractivity contribution in [3.05, 3.63) is 39.8 Å². The van der Waals surface area contributed by atoms with Gasteiger partial charge in [0.1, 0.15) is 6.67 Å². The van der Waals surface area contributed by atoms with E-state index in [-0.39, 0.29) is 17.7 Å². The van der Waals surface area contributed by atoms with Crippen molar-refractivity contribution < 1.29 is 19.0 Å². The fraction of sp³-hybridized carbons (Fsp3) is 0.429. The van der Waals surface area contributed by atoms with Gasteiger partial charge in [0.15, 0.2) is 0 Å². The molecule has 1 aliphatic carbocycles. The molecule has 1 N–H and O–H groups in total. The highest BCUT2D eigenvalue weighted by Crippen LogP contribution is 2.43. The van der Waals surface area contributed by atoms with Gasteiger partial charge in [0.2, 0.25) is 0 Å². The number of rotatable bonds is 4. The lowest BCUT2D eigenvalue weighted by Gasteiger charge is -2.17. The first-order valence-corrected chi connectivity index (χ1v) is 6.41. The van der Waals surface area contributed by atoms with Crippen molar-refractivity contribution in [2.75, 3.05) is 19.9 Å². The largest absolute Gasteiger partial charge is 0.478 e. The highest BCUT2D eigenvalue weighted by atomic mass is 19.1. The maximum absolute atomic E-state index is 13.2. The highest BCUT2D eigenvalue weighted by molar-refractivity contribution is 5.88. The molecule has 0 atom stereocenters. The molecule has 0 spiro atoms. The molecule has 0 amide bonds. The summed E-state index contributed by atoms with van der Waals surface area (Å²) in [5, 5.41) is 9.17. The molecule has 2 aliphatic rings. The normalized spacial score (nSPS) is 19.8. The summed E-state index contributed by atoms with van der Waals surface area (Å²) in [6.07, 6.45) is 4.11. The van der Waals surface area contributed by atoms with E-state index in [1.807, 2.05) is 0 Å². The molecule has 5 nitrogen and oxygen atoms in total. The minimum atomic E-state index is -1.13. The second-order valence-electron chi connectivity index (χ2n) is 5.23. The predicted molar refractivity (Wildman–Crippen MR) is 69.6 cm³/mol. The third kappa shape index (κ3) is 1.96. The molecule has 0 unspecified atom stereocenters. The van der Waals surface area contributed by atoms with Crippen LogP contribution in [-0.2, 0) is 10.3 Å². The van der Waals surface area contributed by atoms with Gasteiger partial charge in [0.25, 0.3) is 5.56 Å². The van der Waals surface area contributed by atoms with Crippen LogP contribution in [0.25, 0.3) is 5.57 Å². The van der Waals surface area contributed by atoms with Crippen LogP contribution in [0.2, 0.25) is 0 Å². The van der Waals surface area contributed by atoms with Crippen molar-refractivity contribution >= 4 is 11.5 Å². The topological polar surface area (TPSA) is 68.5 Å². The number of ether oxygens (including phenoxy) is 1. The van der Waals surface area contributed by atoms with Crippen LogP contribution in [0, 0.1) is 0 Å². The van der Waals surface area contributed by atoms with Crippen molar-refractivity contribution in [3.8, 4) is 0 Å². The average Bonchev–Trinajstić information content (AvgIpc) is 3.04. The summed E-state index contributed by atoms with van der Waals surface area (Å²) in [6.45, 7) is 0.0201. The Hall–Kier alpha value is -1.95. The molecule has 0 aromatic carbocycles. The van der Waals surface area contributed by atoms with E-state index < -0.39 is 18.2 Å². The maximum Gasteiger partial charge on any atom is 0.337 e. The third-order valence-corrected chi connectivity index (χ3v) is 3.90. The molecule has 1 aliphatic heterocycles. The van der Waals surface area contributed by atoms with Gasteiger partial charge in [-0.1, -0.05) is 6.08 Å². The average molecular weight is 279 g/mol. The summed E-state index contributed by atoms with van der Waals surface area (Å²) in [7, 11) is 0. The van der Waals surface area contributed by atoms with Gasteiger partial charge >= 0.3 is 5.97 Å². The molecule has 2 heterocycles. The van der Waals surface area contributed by atoms with Gasteiger partial charge in [-0.15, -0.1) is 0 Å². The van der Waals surface area contributed by atoms with Gasteiger partial charge in [-0.05, 0) is 24.5 Å². The Balaban J connectivity index is 2.19. The van der Waals surface area contributed by atoms with Crippen LogP contribution in [-0.4, -0.2) is 35.5 Å². The predicted octanol–water partition coefficient (Wildman–Crippen LogP) is 1.42. The molecule has 20 heavy (non-hydrogen) atoms. The fourth-order valence-electron chi connectivity index (χ4n) is 2.44. The smallest absolute Gasteiger partial charge is 0.337 e. The number of aromatic carboxylic acids is 1. The minimum Gasteiger partial charge on any atom is -0.478 e. The van der Waals surface area contributed by atoms with Gasteiger partial charge < -0.3 is 14.4 Å². The number of carboxylic acids is 1. The van der Waals surface area contributed by atoms with E-state index in [0.29, 0.717) is 30.6 Å². The van der Waals surface area contributed by atoms with E-state index in [4.69, 9.17) is 9.84 Å². The number of halogens is 1. The van der Waals surface area contributed by atoms with E-state index in [2.05, 4.69) is 0 Å². The quantitative estimate of drug-likeness (QED) is 0.905. The van der Waals surface area contributed by atoms with Crippen LogP contribution in [0.4, 0.5) is 4.39 Å². The van der Waals surface area contributed by atoms with Crippen molar-refractivity contribution in [3.63, 3.8) is 0 Å². The number of alkyl halides is 1. The molecule has 6 heteroatoms. The first-order chi connectivity index (χ1) is 9.57. The monoisotopic (exact) mass is 279 g/mol. The van der Waals surface area contributed by atoms with E-state index >= 15 is 0 Å². The van der Waals surface area contributed by atoms with Crippen molar-refractivity contribution in [2.45, 2.75) is 18.4 Å². The summed E-state index contributed by atoms with van der Waals surface area (Å²) in [5.41, 5.74) is -0.241. The van der Waals surface area contributed by atoms with Gasteiger partial charge in [-0.2, -0.15) is 0 Å². The molecule has 0 radical (unpaired) electrons. The van der Waals surface area contributed by atoms with Crippen LogP contribution in [0.5, 0.6) is 0 Å². The molecular formula is C14H14FNO4. The number of pyridine rings is 1. The zero-order valence-corrected chi connectivity index (χ0v) is 10.8. The van der Waals surface area contributed by atoms with Crippen LogP contribution < -0.4 is 5.56 Å². The van der Waals surface area contributed by atoms with E-state index in [1.54, 1.807) is 6.08 Å². The standard InChI is InChI=1S/C14H14FNO4/c15-8-14(2-3-14)16-6-10(13(18)19)5-11(12(16)17)9-1-4-20-7-9/h1,5-6H,2-4,7-8H2,(H,18,19). The summed E-state index contributed by atoms with van der Waals surface area (Å²) in [4.78, 5) is 23.7. The summed E-state index contributed by atoms with van der Waals surface area (Å²) in [5.74, 6) is -1.13. The van der Waals surface area contributed by atoms with Crippen LogP contribution in [0.3, 0.4) is 0 Å². The zero-order chi connectivity index (χ0) is 14.3. The Morgan fingerprint density at radius 3 is 2.75 bits per heavy atom. The first-order valence-electron chi connectivity index (χ1n) is 6.41. The molecule has 0 bridgehead atoms. The van der Waals surface area contributed by atoms with Crippen molar-refractivity contribution in [1.82, 2.24) is 4.57 Å². The zero-order valence-electron chi connectivity index (χ0n) is 10.8. The summed E-state index contributed by atoms with van der Waals surface area (Å²) in [6, 6.07) is 1.34. The molecule has 1 fully saturated rings. The molecule has 0 saturated heterocycles. The number of hydrogen-bond acceptors (Lipinski definition) is 3. The van der Waals surface area contributed by atoms with E-state index in [1.165, 1.54) is 16.8 Å². The molecule has 106 valence electrons. The van der Waals surface area contributed by atoms with Gasteiger partial charge in [0.05, 0.1) is 24.3 Å². The molecule has 1 saturated carbocycles. The Kier molecular flexibility index (Phi) is 2.97. The number of aromatic nitrogens is 1. The van der Waals surface area contributed by atoms with Crippen LogP contribution in [0.15, 0.2) is 23.1 Å². The Labute approximate surface area is 114 Å². The first kappa shape index (κ1) is 13.1. The molecule has 1 aromatic rings. The molecule has 1 aromatic heterocycles. The number of carboxylic acid groups (broad SMARTS) is 1. The van der Waals surface area contributed by atoms with Crippen LogP contribution >= 0.6 is 0 Å². The summed E-state index contributed by atoms with van der Waals surface area (Å²) >= 11 is 0. The second kappa shape index (κ2) is 4.56. The third-order valence-electron chi connectivity index (χ3n) is 3.90. The lowest BCUT2D eigenvalue weighted by atomic mass is 10.1. The van der Waals surface area contributed by atoms with Crippen molar-refractivity contribution in [2.24, 2.45) is 0 Å². The van der Waals surface area contributed by atoms with Crippen LogP contribution in [0.1, 0.15) is 28.8 Å². The second-order valence-corrected chi connectivity index (χ2v) is 5.23. The number of hydrogen-bond donors (Lipinski definition) is 1. The molecule has 3 rings (SSSR count). The highest BCUT2D eigenvalue weighted by Gasteiger charge is 2.46. The Bertz CT molecular complexity index is 658. The molecular weight excluding hydrogens is 265 g/mol. The van der Waals surface area contributed by atoms with E-state index in [0.717, 1.165) is 0 Å². The van der Waals surface area contributed by atoms with Gasteiger partial charge in [-0.3, -0.25) is 4.79 Å². The lowest BCUT2D eigenvalue weighted by molar-refractivity contribution is 0.0695. The fourth-order valence-corrected chi connectivity index (χ4v) is 2.44. The maximum atomic E-state index is 13.2. The van der Waals surface area contributed by atoms with Crippen molar-refractivity contribution in [1.29, 1.82) is 0 Å². The Morgan fingerprint density at radius 2 is 2.25 bits per heavy atom. The Morgan fingerprint density at radius 1 is 1.50 bits per heavy atom. The van der Waals surface area contributed by atoms with E-state index in [9.17, 15) is 14.0 Å².